The Morgan fingerprint density at radius 3 is 2.29 bits per heavy atom. The predicted molar refractivity (Wildman–Crippen MR) is 99.9 cm³/mol. The van der Waals surface area contributed by atoms with Crippen molar-refractivity contribution in [1.29, 1.82) is 0 Å². The lowest BCUT2D eigenvalue weighted by Gasteiger charge is -2.11. The molecule has 24 heavy (non-hydrogen) atoms. The molecule has 4 heteroatoms. The zero-order chi connectivity index (χ0) is 16.6. The third kappa shape index (κ3) is 4.20. The van der Waals surface area contributed by atoms with E-state index in [2.05, 4.69) is 39.3 Å². The standard InChI is InChI=1S/C20H20N4/c1-2-13-21-19-14-18(17-11-7-4-8-12-17)23-20(24-19)22-15-16-9-5-3-6-10-16/h2-12,14H,1,13,15H2,(H2,21,22,23,24). The van der Waals surface area contributed by atoms with Gasteiger partial charge in [0.2, 0.25) is 5.95 Å². The van der Waals surface area contributed by atoms with E-state index in [1.54, 1.807) is 6.08 Å². The average molecular weight is 316 g/mol. The second-order valence-corrected chi connectivity index (χ2v) is 5.34. The number of nitrogens with one attached hydrogen (secondary N) is 2. The molecule has 120 valence electrons. The van der Waals surface area contributed by atoms with Gasteiger partial charge in [-0.1, -0.05) is 66.7 Å². The summed E-state index contributed by atoms with van der Waals surface area (Å²) in [6.45, 7) is 5.07. The summed E-state index contributed by atoms with van der Waals surface area (Å²) in [5.41, 5.74) is 3.13. The van der Waals surface area contributed by atoms with Crippen LogP contribution in [0.25, 0.3) is 11.3 Å². The maximum absolute atomic E-state index is 4.64. The van der Waals surface area contributed by atoms with Crippen LogP contribution in [0.3, 0.4) is 0 Å². The molecule has 0 saturated carbocycles. The maximum atomic E-state index is 4.64. The molecule has 0 bridgehead atoms. The van der Waals surface area contributed by atoms with Crippen LogP contribution in [0.5, 0.6) is 0 Å². The molecule has 0 amide bonds. The van der Waals surface area contributed by atoms with Gasteiger partial charge in [-0.3, -0.25) is 0 Å². The van der Waals surface area contributed by atoms with Crippen molar-refractivity contribution in [3.63, 3.8) is 0 Å². The Kier molecular flexibility index (Phi) is 5.20. The van der Waals surface area contributed by atoms with Crippen LogP contribution >= 0.6 is 0 Å². The van der Waals surface area contributed by atoms with E-state index in [1.807, 2.05) is 54.6 Å². The molecular formula is C20H20N4. The van der Waals surface area contributed by atoms with Crippen molar-refractivity contribution in [1.82, 2.24) is 9.97 Å². The third-order valence-electron chi connectivity index (χ3n) is 3.52. The minimum atomic E-state index is 0.603. The Bertz CT molecular complexity index is 785. The molecule has 1 heterocycles. The molecule has 0 aliphatic heterocycles. The average Bonchev–Trinajstić information content (AvgIpc) is 2.66. The molecule has 0 atom stereocenters. The van der Waals surface area contributed by atoms with Gasteiger partial charge in [0, 0.05) is 24.7 Å². The Morgan fingerprint density at radius 2 is 1.58 bits per heavy atom. The first-order valence-electron chi connectivity index (χ1n) is 7.92. The second kappa shape index (κ2) is 7.92. The Labute approximate surface area is 142 Å². The molecule has 3 rings (SSSR count). The zero-order valence-corrected chi connectivity index (χ0v) is 13.4. The fourth-order valence-electron chi connectivity index (χ4n) is 2.33. The maximum Gasteiger partial charge on any atom is 0.225 e. The van der Waals surface area contributed by atoms with Gasteiger partial charge >= 0.3 is 0 Å². The molecule has 3 aromatic rings. The Hall–Kier alpha value is -3.14. The highest BCUT2D eigenvalue weighted by molar-refractivity contribution is 5.64. The summed E-state index contributed by atoms with van der Waals surface area (Å²) in [5.74, 6) is 1.38. The van der Waals surface area contributed by atoms with Crippen LogP contribution in [-0.2, 0) is 6.54 Å². The highest BCUT2D eigenvalue weighted by Crippen LogP contribution is 2.21. The van der Waals surface area contributed by atoms with Crippen molar-refractivity contribution in [2.75, 3.05) is 17.2 Å². The van der Waals surface area contributed by atoms with Crippen molar-refractivity contribution in [3.8, 4) is 11.3 Å². The highest BCUT2D eigenvalue weighted by atomic mass is 15.1. The summed E-state index contributed by atoms with van der Waals surface area (Å²) in [5, 5.41) is 6.53. The second-order valence-electron chi connectivity index (χ2n) is 5.34. The van der Waals surface area contributed by atoms with Gasteiger partial charge in [0.1, 0.15) is 5.82 Å². The predicted octanol–water partition coefficient (Wildman–Crippen LogP) is 4.35. The van der Waals surface area contributed by atoms with E-state index in [-0.39, 0.29) is 0 Å². The number of hydrogen-bond donors (Lipinski definition) is 2. The van der Waals surface area contributed by atoms with Crippen molar-refractivity contribution < 1.29 is 0 Å². The molecule has 0 aliphatic carbocycles. The van der Waals surface area contributed by atoms with Gasteiger partial charge in [0.15, 0.2) is 0 Å². The van der Waals surface area contributed by atoms with Crippen molar-refractivity contribution in [3.05, 3.63) is 84.9 Å². The molecule has 2 N–H and O–H groups in total. The summed E-state index contributed by atoms with van der Waals surface area (Å²) < 4.78 is 0. The number of hydrogen-bond acceptors (Lipinski definition) is 4. The van der Waals surface area contributed by atoms with E-state index in [0.29, 0.717) is 19.0 Å². The summed E-state index contributed by atoms with van der Waals surface area (Å²) in [4.78, 5) is 9.17. The summed E-state index contributed by atoms with van der Waals surface area (Å²) >= 11 is 0. The molecule has 0 unspecified atom stereocenters. The quantitative estimate of drug-likeness (QED) is 0.636. The minimum absolute atomic E-state index is 0.603. The van der Waals surface area contributed by atoms with Gasteiger partial charge in [-0.05, 0) is 5.56 Å². The molecule has 0 aliphatic rings. The SMILES string of the molecule is C=CCNc1cc(-c2ccccc2)nc(NCc2ccccc2)n1. The minimum Gasteiger partial charge on any atom is -0.366 e. The highest BCUT2D eigenvalue weighted by Gasteiger charge is 2.06. The van der Waals surface area contributed by atoms with E-state index < -0.39 is 0 Å². The fourth-order valence-corrected chi connectivity index (χ4v) is 2.33. The molecule has 0 fully saturated rings. The van der Waals surface area contributed by atoms with Gasteiger partial charge in [-0.15, -0.1) is 6.58 Å². The van der Waals surface area contributed by atoms with Crippen molar-refractivity contribution >= 4 is 11.8 Å². The third-order valence-corrected chi connectivity index (χ3v) is 3.52. The van der Waals surface area contributed by atoms with Crippen LogP contribution in [0.2, 0.25) is 0 Å². The van der Waals surface area contributed by atoms with Crippen molar-refractivity contribution in [2.45, 2.75) is 6.54 Å². The van der Waals surface area contributed by atoms with Crippen LogP contribution in [0, 0.1) is 0 Å². The molecule has 0 saturated heterocycles. The summed E-state index contributed by atoms with van der Waals surface area (Å²) in [7, 11) is 0. The van der Waals surface area contributed by atoms with Gasteiger partial charge in [0.05, 0.1) is 5.69 Å². The molecule has 2 aromatic carbocycles. The number of nitrogens with zero attached hydrogens (tertiary/aromatic N) is 2. The lowest BCUT2D eigenvalue weighted by molar-refractivity contribution is 1.05. The summed E-state index contributed by atoms with van der Waals surface area (Å²) in [6.07, 6.45) is 1.81. The fraction of sp³-hybridized carbons (Fsp3) is 0.100. The van der Waals surface area contributed by atoms with Gasteiger partial charge in [0.25, 0.3) is 0 Å². The van der Waals surface area contributed by atoms with E-state index in [4.69, 9.17) is 0 Å². The Morgan fingerprint density at radius 1 is 0.875 bits per heavy atom. The van der Waals surface area contributed by atoms with Crippen LogP contribution in [-0.4, -0.2) is 16.5 Å². The lowest BCUT2D eigenvalue weighted by atomic mass is 10.1. The van der Waals surface area contributed by atoms with E-state index in [0.717, 1.165) is 17.1 Å². The van der Waals surface area contributed by atoms with Crippen molar-refractivity contribution in [2.24, 2.45) is 0 Å². The van der Waals surface area contributed by atoms with E-state index in [9.17, 15) is 0 Å². The van der Waals surface area contributed by atoms with Gasteiger partial charge in [-0.2, -0.15) is 4.98 Å². The molecule has 4 nitrogen and oxygen atoms in total. The van der Waals surface area contributed by atoms with E-state index in [1.165, 1.54) is 5.56 Å². The number of aromatic nitrogens is 2. The van der Waals surface area contributed by atoms with Crippen LogP contribution in [0.15, 0.2) is 79.4 Å². The van der Waals surface area contributed by atoms with Gasteiger partial charge in [-0.25, -0.2) is 4.98 Å². The largest absolute Gasteiger partial charge is 0.366 e. The summed E-state index contributed by atoms with van der Waals surface area (Å²) in [6, 6.07) is 22.2. The number of anilines is 2. The van der Waals surface area contributed by atoms with Gasteiger partial charge < -0.3 is 10.6 Å². The molecule has 0 radical (unpaired) electrons. The topological polar surface area (TPSA) is 49.8 Å². The first-order valence-corrected chi connectivity index (χ1v) is 7.92. The molecule has 0 spiro atoms. The zero-order valence-electron chi connectivity index (χ0n) is 13.4. The first kappa shape index (κ1) is 15.7. The van der Waals surface area contributed by atoms with E-state index >= 15 is 0 Å². The smallest absolute Gasteiger partial charge is 0.225 e. The molecule has 1 aromatic heterocycles. The normalized spacial score (nSPS) is 10.2. The number of benzene rings is 2. The van der Waals surface area contributed by atoms with Crippen LogP contribution in [0.1, 0.15) is 5.56 Å². The van der Waals surface area contributed by atoms with Crippen LogP contribution < -0.4 is 10.6 Å². The monoisotopic (exact) mass is 316 g/mol. The Balaban J connectivity index is 1.85. The van der Waals surface area contributed by atoms with Crippen LogP contribution in [0.4, 0.5) is 11.8 Å². The number of rotatable bonds is 7. The first-order chi connectivity index (χ1) is 11.8. The lowest BCUT2D eigenvalue weighted by Crippen LogP contribution is -2.08. The molecular weight excluding hydrogens is 296 g/mol.